The average molecular weight is 377 g/mol. The van der Waals surface area contributed by atoms with Crippen molar-refractivity contribution in [1.82, 2.24) is 0 Å². The summed E-state index contributed by atoms with van der Waals surface area (Å²) in [6.07, 6.45) is 0. The average Bonchev–Trinajstić information content (AvgIpc) is 3.18. The van der Waals surface area contributed by atoms with E-state index in [2.05, 4.69) is 47.8 Å². The van der Waals surface area contributed by atoms with Gasteiger partial charge >= 0.3 is 0 Å². The summed E-state index contributed by atoms with van der Waals surface area (Å²) in [4.78, 5) is 1.22. The summed E-state index contributed by atoms with van der Waals surface area (Å²) < 4.78 is 6.14. The van der Waals surface area contributed by atoms with E-state index in [1.807, 2.05) is 42.5 Å². The summed E-state index contributed by atoms with van der Waals surface area (Å²) in [5, 5.41) is 2.82. The van der Waals surface area contributed by atoms with Crippen LogP contribution in [-0.2, 0) is 6.61 Å². The SMILES string of the molecule is Clc1ccc(OCc2ccccc2)c(-c2ccsc2-c2ccccc2)c1. The Morgan fingerprint density at radius 2 is 1.50 bits per heavy atom. The molecule has 0 aliphatic heterocycles. The van der Waals surface area contributed by atoms with Crippen LogP contribution >= 0.6 is 22.9 Å². The zero-order valence-corrected chi connectivity index (χ0v) is 15.6. The van der Waals surface area contributed by atoms with Gasteiger partial charge in [0, 0.05) is 21.0 Å². The van der Waals surface area contributed by atoms with Crippen molar-refractivity contribution in [2.45, 2.75) is 6.61 Å². The molecule has 0 N–H and O–H groups in total. The van der Waals surface area contributed by atoms with Crippen LogP contribution in [0.2, 0.25) is 5.02 Å². The van der Waals surface area contributed by atoms with Crippen molar-refractivity contribution in [2.75, 3.05) is 0 Å². The summed E-state index contributed by atoms with van der Waals surface area (Å²) in [6, 6.07) is 28.5. The number of thiophene rings is 1. The fourth-order valence-corrected chi connectivity index (χ4v) is 4.00. The highest BCUT2D eigenvalue weighted by Gasteiger charge is 2.14. The van der Waals surface area contributed by atoms with Crippen molar-refractivity contribution in [1.29, 1.82) is 0 Å². The molecule has 0 aliphatic carbocycles. The van der Waals surface area contributed by atoms with Gasteiger partial charge in [0.25, 0.3) is 0 Å². The van der Waals surface area contributed by atoms with Crippen LogP contribution in [0, 0.1) is 0 Å². The quantitative estimate of drug-likeness (QED) is 0.354. The Morgan fingerprint density at radius 1 is 0.769 bits per heavy atom. The lowest BCUT2D eigenvalue weighted by molar-refractivity contribution is 0.307. The highest BCUT2D eigenvalue weighted by molar-refractivity contribution is 7.14. The van der Waals surface area contributed by atoms with Gasteiger partial charge in [-0.25, -0.2) is 0 Å². The maximum Gasteiger partial charge on any atom is 0.127 e. The van der Waals surface area contributed by atoms with Crippen LogP contribution in [0.25, 0.3) is 21.6 Å². The maximum absolute atomic E-state index is 6.30. The number of rotatable bonds is 5. The normalized spacial score (nSPS) is 10.7. The first-order chi connectivity index (χ1) is 12.8. The predicted molar refractivity (Wildman–Crippen MR) is 111 cm³/mol. The smallest absolute Gasteiger partial charge is 0.127 e. The van der Waals surface area contributed by atoms with E-state index in [1.165, 1.54) is 10.4 Å². The Hall–Kier alpha value is -2.55. The largest absolute Gasteiger partial charge is 0.488 e. The highest BCUT2D eigenvalue weighted by atomic mass is 35.5. The minimum atomic E-state index is 0.528. The number of hydrogen-bond donors (Lipinski definition) is 0. The van der Waals surface area contributed by atoms with Crippen molar-refractivity contribution in [2.24, 2.45) is 0 Å². The molecule has 4 rings (SSSR count). The van der Waals surface area contributed by atoms with E-state index in [9.17, 15) is 0 Å². The van der Waals surface area contributed by atoms with Crippen LogP contribution in [0.1, 0.15) is 5.56 Å². The lowest BCUT2D eigenvalue weighted by Gasteiger charge is -2.13. The molecule has 4 aromatic rings. The monoisotopic (exact) mass is 376 g/mol. The Balaban J connectivity index is 1.71. The van der Waals surface area contributed by atoms with Gasteiger partial charge in [-0.05, 0) is 40.8 Å². The summed E-state index contributed by atoms with van der Waals surface area (Å²) in [5.41, 5.74) is 4.51. The van der Waals surface area contributed by atoms with Crippen LogP contribution in [0.3, 0.4) is 0 Å². The second-order valence-corrected chi connectivity index (χ2v) is 7.30. The zero-order valence-electron chi connectivity index (χ0n) is 14.1. The van der Waals surface area contributed by atoms with Crippen LogP contribution in [0.15, 0.2) is 90.3 Å². The molecule has 0 saturated heterocycles. The molecular formula is C23H17ClOS. The van der Waals surface area contributed by atoms with Crippen LogP contribution in [0.5, 0.6) is 5.75 Å². The fourth-order valence-electron chi connectivity index (χ4n) is 2.91. The second-order valence-electron chi connectivity index (χ2n) is 5.94. The molecule has 0 bridgehead atoms. The van der Waals surface area contributed by atoms with E-state index in [1.54, 1.807) is 11.3 Å². The maximum atomic E-state index is 6.30. The molecule has 3 aromatic carbocycles. The molecule has 0 unspecified atom stereocenters. The van der Waals surface area contributed by atoms with E-state index in [4.69, 9.17) is 16.3 Å². The van der Waals surface area contributed by atoms with E-state index in [0.717, 1.165) is 22.4 Å². The van der Waals surface area contributed by atoms with Crippen molar-refractivity contribution < 1.29 is 4.74 Å². The van der Waals surface area contributed by atoms with Crippen molar-refractivity contribution in [3.63, 3.8) is 0 Å². The molecule has 0 amide bonds. The van der Waals surface area contributed by atoms with Gasteiger partial charge < -0.3 is 4.74 Å². The van der Waals surface area contributed by atoms with Gasteiger partial charge in [0.2, 0.25) is 0 Å². The molecule has 3 heteroatoms. The zero-order chi connectivity index (χ0) is 17.8. The minimum absolute atomic E-state index is 0.528. The lowest BCUT2D eigenvalue weighted by atomic mass is 10.0. The highest BCUT2D eigenvalue weighted by Crippen LogP contribution is 2.42. The summed E-state index contributed by atoms with van der Waals surface area (Å²) in [6.45, 7) is 0.528. The molecule has 0 spiro atoms. The minimum Gasteiger partial charge on any atom is -0.488 e. The van der Waals surface area contributed by atoms with Gasteiger partial charge in [-0.2, -0.15) is 0 Å². The molecule has 1 nitrogen and oxygen atoms in total. The summed E-state index contributed by atoms with van der Waals surface area (Å²) >= 11 is 8.02. The lowest BCUT2D eigenvalue weighted by Crippen LogP contribution is -1.97. The van der Waals surface area contributed by atoms with Gasteiger partial charge in [-0.1, -0.05) is 72.3 Å². The number of ether oxygens (including phenoxy) is 1. The van der Waals surface area contributed by atoms with Crippen LogP contribution in [0.4, 0.5) is 0 Å². The molecule has 26 heavy (non-hydrogen) atoms. The van der Waals surface area contributed by atoms with Crippen LogP contribution in [-0.4, -0.2) is 0 Å². The van der Waals surface area contributed by atoms with E-state index < -0.39 is 0 Å². The third-order valence-corrected chi connectivity index (χ3v) is 5.37. The summed E-state index contributed by atoms with van der Waals surface area (Å²) in [5.74, 6) is 0.842. The number of benzene rings is 3. The Morgan fingerprint density at radius 3 is 2.27 bits per heavy atom. The Labute approximate surface area is 162 Å². The number of halogens is 1. The molecule has 0 fully saturated rings. The third-order valence-electron chi connectivity index (χ3n) is 4.17. The van der Waals surface area contributed by atoms with Gasteiger partial charge in [-0.15, -0.1) is 11.3 Å². The van der Waals surface area contributed by atoms with Gasteiger partial charge in [0.05, 0.1) is 0 Å². The van der Waals surface area contributed by atoms with Crippen molar-refractivity contribution in [3.05, 3.63) is 101 Å². The topological polar surface area (TPSA) is 9.23 Å². The standard InChI is InChI=1S/C23H17ClOS/c24-19-11-12-22(25-16-17-7-3-1-4-8-17)21(15-19)20-13-14-26-23(20)18-9-5-2-6-10-18/h1-15H,16H2. The predicted octanol–water partition coefficient (Wildman–Crippen LogP) is 7.31. The molecule has 1 heterocycles. The third kappa shape index (κ3) is 3.67. The molecule has 1 aromatic heterocycles. The van der Waals surface area contributed by atoms with Crippen LogP contribution < -0.4 is 4.74 Å². The van der Waals surface area contributed by atoms with Gasteiger partial charge in [0.15, 0.2) is 0 Å². The molecular weight excluding hydrogens is 360 g/mol. The first-order valence-electron chi connectivity index (χ1n) is 8.41. The van der Waals surface area contributed by atoms with Crippen molar-refractivity contribution >= 4 is 22.9 Å². The molecule has 0 aliphatic rings. The van der Waals surface area contributed by atoms with Crippen molar-refractivity contribution in [3.8, 4) is 27.3 Å². The van der Waals surface area contributed by atoms with Gasteiger partial charge in [-0.3, -0.25) is 0 Å². The fraction of sp³-hybridized carbons (Fsp3) is 0.0435. The van der Waals surface area contributed by atoms with E-state index >= 15 is 0 Å². The second kappa shape index (κ2) is 7.77. The molecule has 0 atom stereocenters. The van der Waals surface area contributed by atoms with Gasteiger partial charge in [0.1, 0.15) is 12.4 Å². The molecule has 128 valence electrons. The Bertz CT molecular complexity index is 993. The first kappa shape index (κ1) is 16.9. The Kier molecular flexibility index (Phi) is 5.05. The first-order valence-corrected chi connectivity index (χ1v) is 9.66. The van der Waals surface area contributed by atoms with E-state index in [-0.39, 0.29) is 0 Å². The van der Waals surface area contributed by atoms with E-state index in [0.29, 0.717) is 11.6 Å². The summed E-state index contributed by atoms with van der Waals surface area (Å²) in [7, 11) is 0. The molecule has 0 radical (unpaired) electrons. The number of hydrogen-bond acceptors (Lipinski definition) is 2. The molecule has 0 saturated carbocycles.